The second kappa shape index (κ2) is 5.59. The number of hydrogen-bond donors (Lipinski definition) is 0. The van der Waals surface area contributed by atoms with Gasteiger partial charge >= 0.3 is 5.56 Å². The van der Waals surface area contributed by atoms with Gasteiger partial charge in [-0.1, -0.05) is 17.7 Å². The van der Waals surface area contributed by atoms with E-state index in [-0.39, 0.29) is 16.1 Å². The third kappa shape index (κ3) is 3.05. The van der Waals surface area contributed by atoms with E-state index >= 15 is 0 Å². The molecule has 2 rings (SSSR count). The predicted octanol–water partition coefficient (Wildman–Crippen LogP) is 2.75. The second-order valence-corrected chi connectivity index (χ2v) is 4.51. The first kappa shape index (κ1) is 13.8. The molecule has 0 radical (unpaired) electrons. The van der Waals surface area contributed by atoms with Crippen molar-refractivity contribution in [1.82, 2.24) is 9.55 Å². The van der Waals surface area contributed by atoms with E-state index in [2.05, 4.69) is 4.98 Å². The first-order chi connectivity index (χ1) is 9.01. The van der Waals surface area contributed by atoms with E-state index in [1.807, 2.05) is 0 Å². The van der Waals surface area contributed by atoms with Crippen LogP contribution in [0.5, 0.6) is 5.75 Å². The van der Waals surface area contributed by atoms with Gasteiger partial charge in [-0.25, -0.2) is 4.39 Å². The summed E-state index contributed by atoms with van der Waals surface area (Å²) >= 11 is 11.6. The number of rotatable bonds is 3. The molecule has 0 fully saturated rings. The summed E-state index contributed by atoms with van der Waals surface area (Å²) in [6.07, 6.45) is 1.44. The molecule has 0 aliphatic rings. The van der Waals surface area contributed by atoms with E-state index < -0.39 is 11.4 Å². The van der Waals surface area contributed by atoms with Crippen LogP contribution in [-0.4, -0.2) is 16.7 Å². The highest BCUT2D eigenvalue weighted by atomic mass is 35.5. The Kier molecular flexibility index (Phi) is 4.07. The lowest BCUT2D eigenvalue weighted by atomic mass is 10.2. The molecule has 0 spiro atoms. The minimum absolute atomic E-state index is 0.0197. The maximum absolute atomic E-state index is 13.0. The van der Waals surface area contributed by atoms with Crippen molar-refractivity contribution in [2.24, 2.45) is 0 Å². The van der Waals surface area contributed by atoms with Crippen molar-refractivity contribution in [3.63, 3.8) is 0 Å². The number of aromatic nitrogens is 2. The Morgan fingerprint density at radius 2 is 2.16 bits per heavy atom. The van der Waals surface area contributed by atoms with Crippen LogP contribution >= 0.6 is 23.2 Å². The summed E-state index contributed by atoms with van der Waals surface area (Å²) in [6, 6.07) is 4.32. The lowest BCUT2D eigenvalue weighted by Gasteiger charge is -2.10. The van der Waals surface area contributed by atoms with Gasteiger partial charge in [-0.3, -0.25) is 4.79 Å². The van der Waals surface area contributed by atoms with Gasteiger partial charge in [0.25, 0.3) is 0 Å². The molecule has 7 heteroatoms. The van der Waals surface area contributed by atoms with Crippen LogP contribution in [0.4, 0.5) is 4.39 Å². The fraction of sp³-hybridized carbons (Fsp3) is 0.167. The Bertz CT molecular complexity index is 673. The standard InChI is InChI=1S/C12H9Cl2FN2O2/c1-19-10-6-17(12(14)16-11(10)18)5-7-2-3-9(15)8(13)4-7/h2-4,6H,5H2,1H3. The van der Waals surface area contributed by atoms with Crippen molar-refractivity contribution in [2.45, 2.75) is 6.54 Å². The predicted molar refractivity (Wildman–Crippen MR) is 70.6 cm³/mol. The molecule has 1 aromatic heterocycles. The fourth-order valence-electron chi connectivity index (χ4n) is 1.54. The van der Waals surface area contributed by atoms with Crippen LogP contribution in [-0.2, 0) is 6.54 Å². The van der Waals surface area contributed by atoms with Gasteiger partial charge in [0.05, 0.1) is 24.9 Å². The number of nitrogens with zero attached hydrogens (tertiary/aromatic N) is 2. The van der Waals surface area contributed by atoms with Crippen LogP contribution in [0.15, 0.2) is 29.2 Å². The molecule has 0 bridgehead atoms. The van der Waals surface area contributed by atoms with E-state index in [0.29, 0.717) is 6.54 Å². The van der Waals surface area contributed by atoms with Crippen LogP contribution in [0.25, 0.3) is 0 Å². The van der Waals surface area contributed by atoms with E-state index in [4.69, 9.17) is 27.9 Å². The zero-order chi connectivity index (χ0) is 14.0. The number of hydrogen-bond acceptors (Lipinski definition) is 3. The molecular formula is C12H9Cl2FN2O2. The third-order valence-corrected chi connectivity index (χ3v) is 3.06. The lowest BCUT2D eigenvalue weighted by molar-refractivity contribution is 0.402. The maximum Gasteiger partial charge on any atom is 0.316 e. The SMILES string of the molecule is COc1cn(Cc2ccc(F)c(Cl)c2)c(Cl)nc1=O. The van der Waals surface area contributed by atoms with Crippen molar-refractivity contribution in [3.8, 4) is 5.75 Å². The van der Waals surface area contributed by atoms with Gasteiger partial charge in [-0.2, -0.15) is 4.98 Å². The van der Waals surface area contributed by atoms with Crippen molar-refractivity contribution in [3.05, 3.63) is 56.4 Å². The molecular weight excluding hydrogens is 294 g/mol. The van der Waals surface area contributed by atoms with Gasteiger partial charge < -0.3 is 9.30 Å². The largest absolute Gasteiger partial charge is 0.490 e. The van der Waals surface area contributed by atoms with E-state index in [9.17, 15) is 9.18 Å². The molecule has 0 amide bonds. The highest BCUT2D eigenvalue weighted by Gasteiger charge is 2.08. The smallest absolute Gasteiger partial charge is 0.316 e. The third-order valence-electron chi connectivity index (χ3n) is 2.47. The van der Waals surface area contributed by atoms with Crippen LogP contribution in [0.2, 0.25) is 10.3 Å². The van der Waals surface area contributed by atoms with Crippen LogP contribution in [0.3, 0.4) is 0 Å². The zero-order valence-corrected chi connectivity index (χ0v) is 11.4. The van der Waals surface area contributed by atoms with Gasteiger partial charge in [0, 0.05) is 0 Å². The lowest BCUT2D eigenvalue weighted by Crippen LogP contribution is -2.15. The van der Waals surface area contributed by atoms with Crippen molar-refractivity contribution in [1.29, 1.82) is 0 Å². The summed E-state index contributed by atoms with van der Waals surface area (Å²) in [4.78, 5) is 15.0. The Balaban J connectivity index is 2.37. The summed E-state index contributed by atoms with van der Waals surface area (Å²) < 4.78 is 19.4. The normalized spacial score (nSPS) is 10.5. The molecule has 4 nitrogen and oxygen atoms in total. The maximum atomic E-state index is 13.0. The monoisotopic (exact) mass is 302 g/mol. The number of halogens is 3. The summed E-state index contributed by atoms with van der Waals surface area (Å²) in [6.45, 7) is 0.294. The minimum atomic E-state index is -0.541. The average molecular weight is 303 g/mol. The molecule has 0 saturated carbocycles. The molecule has 0 unspecified atom stereocenters. The quantitative estimate of drug-likeness (QED) is 0.819. The Labute approximate surface area is 118 Å². The topological polar surface area (TPSA) is 44.1 Å². The summed E-state index contributed by atoms with van der Waals surface area (Å²) in [7, 11) is 1.37. The Morgan fingerprint density at radius 1 is 1.42 bits per heavy atom. The minimum Gasteiger partial charge on any atom is -0.490 e. The van der Waals surface area contributed by atoms with Gasteiger partial charge in [0.1, 0.15) is 5.82 Å². The molecule has 2 aromatic rings. The number of benzene rings is 1. The molecule has 0 N–H and O–H groups in total. The molecule has 0 aliphatic carbocycles. The van der Waals surface area contributed by atoms with Crippen LogP contribution in [0, 0.1) is 5.82 Å². The summed E-state index contributed by atoms with van der Waals surface area (Å²) in [5.74, 6) is -0.412. The van der Waals surface area contributed by atoms with E-state index in [0.717, 1.165) is 5.56 Å². The number of methoxy groups -OCH3 is 1. The molecule has 100 valence electrons. The highest BCUT2D eigenvalue weighted by Crippen LogP contribution is 2.18. The van der Waals surface area contributed by atoms with Gasteiger partial charge in [-0.05, 0) is 29.3 Å². The second-order valence-electron chi connectivity index (χ2n) is 3.76. The fourth-order valence-corrected chi connectivity index (χ4v) is 1.93. The number of ether oxygens (including phenoxy) is 1. The molecule has 1 heterocycles. The van der Waals surface area contributed by atoms with Crippen LogP contribution < -0.4 is 10.3 Å². The van der Waals surface area contributed by atoms with Crippen molar-refractivity contribution >= 4 is 23.2 Å². The first-order valence-electron chi connectivity index (χ1n) is 5.26. The Morgan fingerprint density at radius 3 is 2.79 bits per heavy atom. The summed E-state index contributed by atoms with van der Waals surface area (Å²) in [5.41, 5.74) is 0.182. The van der Waals surface area contributed by atoms with Crippen molar-refractivity contribution in [2.75, 3.05) is 7.11 Å². The highest BCUT2D eigenvalue weighted by molar-refractivity contribution is 6.30. The van der Waals surface area contributed by atoms with Gasteiger partial charge in [0.2, 0.25) is 11.0 Å². The molecule has 0 atom stereocenters. The van der Waals surface area contributed by atoms with Crippen molar-refractivity contribution < 1.29 is 9.13 Å². The van der Waals surface area contributed by atoms with Gasteiger partial charge in [-0.15, -0.1) is 0 Å². The first-order valence-corrected chi connectivity index (χ1v) is 6.01. The average Bonchev–Trinajstić information content (AvgIpc) is 2.37. The molecule has 0 saturated heterocycles. The van der Waals surface area contributed by atoms with E-state index in [1.54, 1.807) is 6.07 Å². The van der Waals surface area contributed by atoms with Crippen LogP contribution in [0.1, 0.15) is 5.56 Å². The molecule has 0 aliphatic heterocycles. The zero-order valence-electron chi connectivity index (χ0n) is 9.86. The molecule has 1 aromatic carbocycles. The molecule has 19 heavy (non-hydrogen) atoms. The Hall–Kier alpha value is -1.59. The van der Waals surface area contributed by atoms with E-state index in [1.165, 1.54) is 30.0 Å². The summed E-state index contributed by atoms with van der Waals surface area (Å²) in [5, 5.41) is 0.0424. The van der Waals surface area contributed by atoms with Gasteiger partial charge in [0.15, 0.2) is 0 Å².